The fourth-order valence-electron chi connectivity index (χ4n) is 3.47. The molecule has 4 rings (SSSR count). The summed E-state index contributed by atoms with van der Waals surface area (Å²) in [6, 6.07) is 11.3. The first-order valence-corrected chi connectivity index (χ1v) is 11.1. The summed E-state index contributed by atoms with van der Waals surface area (Å²) in [5, 5.41) is 16.6. The van der Waals surface area contributed by atoms with Gasteiger partial charge in [0.1, 0.15) is 11.4 Å². The molecule has 172 valence electrons. The number of aromatic amines is 1. The van der Waals surface area contributed by atoms with Crippen LogP contribution < -0.4 is 19.5 Å². The van der Waals surface area contributed by atoms with E-state index in [4.69, 9.17) is 14.2 Å². The Morgan fingerprint density at radius 2 is 1.85 bits per heavy atom. The van der Waals surface area contributed by atoms with E-state index in [9.17, 15) is 4.79 Å². The Morgan fingerprint density at radius 3 is 2.48 bits per heavy atom. The molecule has 0 unspecified atom stereocenters. The van der Waals surface area contributed by atoms with Crippen LogP contribution in [0.3, 0.4) is 0 Å². The van der Waals surface area contributed by atoms with Crippen LogP contribution in [0.1, 0.15) is 16.2 Å². The molecule has 0 bridgehead atoms. The number of thiophene rings is 1. The monoisotopic (exact) mass is 467 g/mol. The van der Waals surface area contributed by atoms with Crippen molar-refractivity contribution in [2.45, 2.75) is 13.5 Å². The minimum absolute atomic E-state index is 0.246. The maximum atomic E-state index is 12.6. The Labute approximate surface area is 195 Å². The van der Waals surface area contributed by atoms with Gasteiger partial charge in [0.25, 0.3) is 5.91 Å². The molecule has 0 saturated carbocycles. The van der Waals surface area contributed by atoms with Crippen molar-refractivity contribution >= 4 is 17.2 Å². The van der Waals surface area contributed by atoms with Gasteiger partial charge in [-0.05, 0) is 42.6 Å². The van der Waals surface area contributed by atoms with Crippen LogP contribution in [0.4, 0.5) is 0 Å². The lowest BCUT2D eigenvalue weighted by atomic mass is 10.1. The Bertz CT molecular complexity index is 1220. The van der Waals surface area contributed by atoms with Gasteiger partial charge in [0.15, 0.2) is 11.5 Å². The highest BCUT2D eigenvalue weighted by molar-refractivity contribution is 7.13. The first kappa shape index (κ1) is 22.4. The second kappa shape index (κ2) is 9.78. The van der Waals surface area contributed by atoms with Crippen molar-refractivity contribution in [1.82, 2.24) is 25.3 Å². The summed E-state index contributed by atoms with van der Waals surface area (Å²) in [5.74, 6) is 1.27. The number of aromatic nitrogens is 4. The van der Waals surface area contributed by atoms with Crippen molar-refractivity contribution < 1.29 is 19.0 Å². The molecule has 33 heavy (non-hydrogen) atoms. The molecule has 0 fully saturated rings. The van der Waals surface area contributed by atoms with Gasteiger partial charge in [0.05, 0.1) is 38.4 Å². The third kappa shape index (κ3) is 4.70. The van der Waals surface area contributed by atoms with Crippen LogP contribution in [0, 0.1) is 6.92 Å². The molecule has 0 saturated heterocycles. The standard InChI is InChI=1S/C23H25N5O4S/c1-14-10-17(21-6-5-9-33-21)27-28(14)8-7-24-23(29)18-13-16(25-26-18)15-11-19(30-2)22(32-4)20(12-15)31-3/h5-6,9-13H,7-8H2,1-4H3,(H,24,29)(H,25,26). The van der Waals surface area contributed by atoms with Crippen LogP contribution in [0.15, 0.2) is 41.8 Å². The maximum Gasteiger partial charge on any atom is 0.269 e. The number of nitrogens with zero attached hydrogens (tertiary/aromatic N) is 3. The average Bonchev–Trinajstić information content (AvgIpc) is 3.59. The first-order valence-electron chi connectivity index (χ1n) is 10.3. The first-order chi connectivity index (χ1) is 16.0. The molecular weight excluding hydrogens is 442 g/mol. The Hall–Kier alpha value is -3.79. The van der Waals surface area contributed by atoms with E-state index in [1.54, 1.807) is 50.9 Å². The summed E-state index contributed by atoms with van der Waals surface area (Å²) in [7, 11) is 4.65. The van der Waals surface area contributed by atoms with Crippen molar-refractivity contribution in [2.24, 2.45) is 0 Å². The summed E-state index contributed by atoms with van der Waals surface area (Å²) in [5.41, 5.74) is 3.66. The minimum atomic E-state index is -0.246. The van der Waals surface area contributed by atoms with E-state index in [0.29, 0.717) is 41.7 Å². The second-order valence-electron chi connectivity index (χ2n) is 7.21. The number of benzene rings is 1. The van der Waals surface area contributed by atoms with Gasteiger partial charge in [0.2, 0.25) is 5.75 Å². The molecule has 0 aliphatic carbocycles. The number of carbonyl (C=O) groups is 1. The Balaban J connectivity index is 1.42. The molecule has 3 aromatic heterocycles. The number of rotatable bonds is 9. The van der Waals surface area contributed by atoms with Crippen molar-refractivity contribution in [1.29, 1.82) is 0 Å². The lowest BCUT2D eigenvalue weighted by molar-refractivity contribution is 0.0947. The third-order valence-corrected chi connectivity index (χ3v) is 6.04. The minimum Gasteiger partial charge on any atom is -0.493 e. The molecule has 3 heterocycles. The molecule has 0 aliphatic heterocycles. The second-order valence-corrected chi connectivity index (χ2v) is 8.16. The van der Waals surface area contributed by atoms with Crippen LogP contribution in [-0.4, -0.2) is 53.8 Å². The normalized spacial score (nSPS) is 10.8. The molecule has 10 heteroatoms. The zero-order chi connectivity index (χ0) is 23.4. The SMILES string of the molecule is COc1cc(-c2cc(C(=O)NCCn3nc(-c4cccs4)cc3C)[nH]n2)cc(OC)c1OC. The van der Waals surface area contributed by atoms with Gasteiger partial charge in [-0.1, -0.05) is 6.07 Å². The lowest BCUT2D eigenvalue weighted by Crippen LogP contribution is -2.28. The van der Waals surface area contributed by atoms with Gasteiger partial charge in [-0.2, -0.15) is 10.2 Å². The molecule has 0 atom stereocenters. The van der Waals surface area contributed by atoms with E-state index in [2.05, 4.69) is 20.6 Å². The average molecular weight is 468 g/mol. The number of carbonyl (C=O) groups excluding carboxylic acids is 1. The van der Waals surface area contributed by atoms with Gasteiger partial charge in [-0.3, -0.25) is 14.6 Å². The van der Waals surface area contributed by atoms with Gasteiger partial charge in [-0.15, -0.1) is 11.3 Å². The van der Waals surface area contributed by atoms with E-state index in [1.165, 1.54) is 0 Å². The summed E-state index contributed by atoms with van der Waals surface area (Å²) < 4.78 is 18.0. The lowest BCUT2D eigenvalue weighted by Gasteiger charge is -2.13. The highest BCUT2D eigenvalue weighted by Crippen LogP contribution is 2.40. The van der Waals surface area contributed by atoms with E-state index in [0.717, 1.165) is 21.8 Å². The van der Waals surface area contributed by atoms with Crippen LogP contribution in [0.5, 0.6) is 17.2 Å². The highest BCUT2D eigenvalue weighted by Gasteiger charge is 2.17. The van der Waals surface area contributed by atoms with Gasteiger partial charge < -0.3 is 19.5 Å². The predicted octanol–water partition coefficient (Wildman–Crippen LogP) is 3.77. The Kier molecular flexibility index (Phi) is 6.64. The van der Waals surface area contributed by atoms with Crippen molar-refractivity contribution in [3.8, 4) is 39.1 Å². The third-order valence-electron chi connectivity index (χ3n) is 5.15. The number of ether oxygens (including phenoxy) is 3. The van der Waals surface area contributed by atoms with Crippen LogP contribution in [-0.2, 0) is 6.54 Å². The van der Waals surface area contributed by atoms with Gasteiger partial charge >= 0.3 is 0 Å². The maximum absolute atomic E-state index is 12.6. The molecule has 1 amide bonds. The van der Waals surface area contributed by atoms with E-state index < -0.39 is 0 Å². The molecule has 0 radical (unpaired) electrons. The predicted molar refractivity (Wildman–Crippen MR) is 126 cm³/mol. The molecule has 0 aliphatic rings. The number of nitrogens with one attached hydrogen (secondary N) is 2. The highest BCUT2D eigenvalue weighted by atomic mass is 32.1. The fraction of sp³-hybridized carbons (Fsp3) is 0.261. The van der Waals surface area contributed by atoms with Crippen molar-refractivity contribution in [2.75, 3.05) is 27.9 Å². The summed E-state index contributed by atoms with van der Waals surface area (Å²) in [6.07, 6.45) is 0. The number of methoxy groups -OCH3 is 3. The molecule has 0 spiro atoms. The summed E-state index contributed by atoms with van der Waals surface area (Å²) in [4.78, 5) is 13.7. The van der Waals surface area contributed by atoms with Crippen molar-refractivity contribution in [3.05, 3.63) is 53.2 Å². The van der Waals surface area contributed by atoms with Crippen LogP contribution in [0.25, 0.3) is 21.8 Å². The molecular formula is C23H25N5O4S. The summed E-state index contributed by atoms with van der Waals surface area (Å²) in [6.45, 7) is 3.01. The zero-order valence-electron chi connectivity index (χ0n) is 18.8. The summed E-state index contributed by atoms with van der Waals surface area (Å²) >= 11 is 1.65. The van der Waals surface area contributed by atoms with Crippen molar-refractivity contribution in [3.63, 3.8) is 0 Å². The largest absolute Gasteiger partial charge is 0.493 e. The molecule has 1 aromatic carbocycles. The molecule has 4 aromatic rings. The van der Waals surface area contributed by atoms with E-state index in [1.807, 2.05) is 35.2 Å². The smallest absolute Gasteiger partial charge is 0.269 e. The number of hydrogen-bond donors (Lipinski definition) is 2. The molecule has 9 nitrogen and oxygen atoms in total. The number of hydrogen-bond acceptors (Lipinski definition) is 7. The number of aryl methyl sites for hydroxylation is 1. The van der Waals surface area contributed by atoms with Crippen LogP contribution >= 0.6 is 11.3 Å². The van der Waals surface area contributed by atoms with E-state index in [-0.39, 0.29) is 5.91 Å². The zero-order valence-corrected chi connectivity index (χ0v) is 19.7. The quantitative estimate of drug-likeness (QED) is 0.388. The molecule has 2 N–H and O–H groups in total. The number of amides is 1. The van der Waals surface area contributed by atoms with Crippen LogP contribution in [0.2, 0.25) is 0 Å². The van der Waals surface area contributed by atoms with Gasteiger partial charge in [-0.25, -0.2) is 0 Å². The van der Waals surface area contributed by atoms with E-state index >= 15 is 0 Å². The number of H-pyrrole nitrogens is 1. The van der Waals surface area contributed by atoms with Gasteiger partial charge in [0, 0.05) is 17.8 Å². The topological polar surface area (TPSA) is 103 Å². The Morgan fingerprint density at radius 1 is 1.09 bits per heavy atom. The fourth-order valence-corrected chi connectivity index (χ4v) is 4.15.